The van der Waals surface area contributed by atoms with Gasteiger partial charge in [-0.2, -0.15) is 11.8 Å². The number of hydrogen-bond donors (Lipinski definition) is 6. The van der Waals surface area contributed by atoms with Gasteiger partial charge in [0.1, 0.15) is 21.7 Å². The zero-order valence-electron chi connectivity index (χ0n) is 61.5. The van der Waals surface area contributed by atoms with Crippen molar-refractivity contribution in [2.24, 2.45) is 0 Å². The molecule has 0 radical (unpaired) electrons. The van der Waals surface area contributed by atoms with Crippen molar-refractivity contribution in [2.75, 3.05) is 395 Å². The Morgan fingerprint density at radius 3 is 0.427 bits per heavy atom. The molecule has 103 heavy (non-hydrogen) atoms. The molecule has 6 N–H and O–H groups in total. The molecule has 620 valence electrons. The molecule has 0 fully saturated rings. The third kappa shape index (κ3) is 90.5. The van der Waals surface area contributed by atoms with Crippen LogP contribution in [0.3, 0.4) is 0 Å². The molecule has 0 aliphatic carbocycles. The maximum atomic E-state index is 10.5. The molecule has 0 saturated heterocycles. The van der Waals surface area contributed by atoms with Gasteiger partial charge >= 0.3 is 0 Å². The van der Waals surface area contributed by atoms with Crippen LogP contribution in [0, 0.1) is 0 Å². The van der Waals surface area contributed by atoms with Crippen molar-refractivity contribution in [3.8, 4) is 0 Å². The van der Waals surface area contributed by atoms with Crippen LogP contribution in [-0.4, -0.2) is 447 Å². The summed E-state index contributed by atoms with van der Waals surface area (Å²) in [6.45, 7) is 23.3. The minimum absolute atomic E-state index is 0.0110. The first-order valence-corrected chi connectivity index (χ1v) is 39.0. The molecule has 4 atom stereocenters. The summed E-state index contributed by atoms with van der Waals surface area (Å²) >= 11 is 3.88. The average Bonchev–Trinajstić information content (AvgIpc) is 2.42. The van der Waals surface area contributed by atoms with Gasteiger partial charge in [0.05, 0.1) is 383 Å². The van der Waals surface area contributed by atoms with E-state index in [1.165, 1.54) is 0 Å². The Morgan fingerprint density at radius 2 is 0.301 bits per heavy atom. The Labute approximate surface area is 625 Å². The third-order valence-electron chi connectivity index (χ3n) is 12.4. The smallest absolute Gasteiger partial charge is 0.128 e. The number of hydrogen-bond acceptors (Lipinski definition) is 37. The molecular weight excluding hydrogens is 1430 g/mol. The van der Waals surface area contributed by atoms with Crippen LogP contribution in [0.4, 0.5) is 0 Å². The van der Waals surface area contributed by atoms with E-state index in [0.717, 1.165) is 23.5 Å². The molecule has 0 amide bonds. The number of rotatable bonds is 96. The molecule has 0 saturated carbocycles. The van der Waals surface area contributed by atoms with Crippen LogP contribution < -0.4 is 0 Å². The van der Waals surface area contributed by atoms with E-state index < -0.39 is 21.7 Å². The molecule has 0 aromatic carbocycles. The van der Waals surface area contributed by atoms with Crippen LogP contribution >= 0.6 is 35.3 Å². The maximum Gasteiger partial charge on any atom is 0.128 e. The van der Waals surface area contributed by atoms with Gasteiger partial charge in [-0.3, -0.25) is 0 Å². The minimum atomic E-state index is -0.734. The van der Waals surface area contributed by atoms with Gasteiger partial charge in [-0.05, 0) is 24.3 Å². The highest BCUT2D eigenvalue weighted by molar-refractivity contribution is 8.01. The van der Waals surface area contributed by atoms with Crippen LogP contribution in [0.2, 0.25) is 0 Å². The predicted molar refractivity (Wildman–Crippen MR) is 383 cm³/mol. The second-order valence-electron chi connectivity index (χ2n) is 20.7. The molecule has 0 aromatic rings. The lowest BCUT2D eigenvalue weighted by atomic mass is 10.5. The van der Waals surface area contributed by atoms with Gasteiger partial charge < -0.3 is 163 Å². The Bertz CT molecular complexity index is 1420. The van der Waals surface area contributed by atoms with Crippen LogP contribution in [-0.2, 0) is 133 Å². The summed E-state index contributed by atoms with van der Waals surface area (Å²) in [6.07, 6.45) is 0.945. The SMILES string of the molecule is OCCOCCOCCOCCOCCOCCOCCOCCOCCOCCOCCOCCOCCOCCOC(CO)SC(O)CCSCCC(O)SC(CO)OCCOCCOCCOCCOCCOCCOCCOCCOCCOCCOCCOCCOCCOCCO. The van der Waals surface area contributed by atoms with Crippen molar-refractivity contribution in [2.45, 2.75) is 34.6 Å². The number of aliphatic hydroxyl groups is 6. The fourth-order valence-corrected chi connectivity index (χ4v) is 10.3. The largest absolute Gasteiger partial charge is 0.394 e. The minimum Gasteiger partial charge on any atom is -0.394 e. The van der Waals surface area contributed by atoms with Crippen molar-refractivity contribution in [3.63, 3.8) is 0 Å². The summed E-state index contributed by atoms with van der Waals surface area (Å²) in [5, 5.41) is 57.7. The first kappa shape index (κ1) is 103. The second kappa shape index (κ2) is 94.1. The zero-order valence-corrected chi connectivity index (χ0v) is 63.9. The highest BCUT2D eigenvalue weighted by atomic mass is 32.2. The Kier molecular flexibility index (Phi) is 93.8. The highest BCUT2D eigenvalue weighted by Crippen LogP contribution is 2.24. The van der Waals surface area contributed by atoms with Crippen LogP contribution in [0.5, 0.6) is 0 Å². The van der Waals surface area contributed by atoms with Crippen LogP contribution in [0.15, 0.2) is 0 Å². The Hall–Kier alpha value is -0.310. The highest BCUT2D eigenvalue weighted by Gasteiger charge is 2.17. The van der Waals surface area contributed by atoms with Crippen LogP contribution in [0.1, 0.15) is 12.8 Å². The van der Waals surface area contributed by atoms with E-state index in [1.54, 1.807) is 11.8 Å². The second-order valence-corrected chi connectivity index (χ2v) is 24.6. The first-order valence-electron chi connectivity index (χ1n) is 36.0. The molecule has 0 heterocycles. The first-order chi connectivity index (χ1) is 51.1. The van der Waals surface area contributed by atoms with Crippen LogP contribution in [0.25, 0.3) is 0 Å². The molecule has 37 heteroatoms. The van der Waals surface area contributed by atoms with Crippen molar-refractivity contribution in [1.82, 2.24) is 0 Å². The fourth-order valence-electron chi connectivity index (χ4n) is 7.32. The molecule has 0 rings (SSSR count). The lowest BCUT2D eigenvalue weighted by Gasteiger charge is -2.19. The van der Waals surface area contributed by atoms with Gasteiger partial charge in [0.2, 0.25) is 0 Å². The topological polar surface area (TPSA) is 380 Å². The molecule has 0 aliphatic rings. The molecule has 34 nitrogen and oxygen atoms in total. The van der Waals surface area contributed by atoms with Crippen molar-refractivity contribution < 1.29 is 163 Å². The fraction of sp³-hybridized carbons (Fsp3) is 1.00. The third-order valence-corrected chi connectivity index (χ3v) is 15.7. The molecule has 0 spiro atoms. The van der Waals surface area contributed by atoms with Gasteiger partial charge in [0.15, 0.2) is 0 Å². The van der Waals surface area contributed by atoms with E-state index in [2.05, 4.69) is 0 Å². The molecule has 0 aromatic heterocycles. The van der Waals surface area contributed by atoms with E-state index in [0.29, 0.717) is 368 Å². The van der Waals surface area contributed by atoms with Crippen molar-refractivity contribution >= 4 is 35.3 Å². The van der Waals surface area contributed by atoms with Crippen molar-refractivity contribution in [3.05, 3.63) is 0 Å². The Balaban J connectivity index is 3.39. The monoisotopic (exact) mass is 1570 g/mol. The van der Waals surface area contributed by atoms with E-state index in [4.69, 9.17) is 143 Å². The molecule has 4 unspecified atom stereocenters. The van der Waals surface area contributed by atoms with E-state index in [1.807, 2.05) is 0 Å². The Morgan fingerprint density at radius 1 is 0.175 bits per heavy atom. The van der Waals surface area contributed by atoms with Gasteiger partial charge in [0, 0.05) is 0 Å². The number of thioether (sulfide) groups is 3. The zero-order chi connectivity index (χ0) is 74.1. The standard InChI is InChI=1S/C66H134O34S3/c67-3-5-73-7-9-75-11-13-77-15-17-79-19-21-81-23-25-83-27-29-85-31-33-87-35-37-89-39-41-91-43-45-93-47-49-95-51-53-97-55-57-99-65(61-69)102-63(71)1-59-101-60-2-64(72)103-66(62-70)100-58-56-98-54-52-96-50-48-94-46-44-92-42-40-90-38-36-88-34-32-86-30-28-84-26-24-82-22-20-80-18-16-78-14-12-76-10-8-74-6-4-68/h63-72H,1-62H2. The van der Waals surface area contributed by atoms with E-state index >= 15 is 0 Å². The lowest BCUT2D eigenvalue weighted by Crippen LogP contribution is -2.21. The molecule has 0 bridgehead atoms. The summed E-state index contributed by atoms with van der Waals surface area (Å²) in [5.74, 6) is 1.30. The lowest BCUT2D eigenvalue weighted by molar-refractivity contribution is -0.0302. The molecule has 0 aliphatic heterocycles. The summed E-state index contributed by atoms with van der Waals surface area (Å²) in [4.78, 5) is 0. The summed E-state index contributed by atoms with van der Waals surface area (Å²) in [5.41, 5.74) is -2.66. The van der Waals surface area contributed by atoms with Gasteiger partial charge in [-0.15, -0.1) is 0 Å². The van der Waals surface area contributed by atoms with Crippen molar-refractivity contribution in [1.29, 1.82) is 0 Å². The molecular formula is C66H134O34S3. The van der Waals surface area contributed by atoms with Gasteiger partial charge in [-0.1, -0.05) is 23.5 Å². The summed E-state index contributed by atoms with van der Waals surface area (Å²) in [6, 6.07) is 0. The summed E-state index contributed by atoms with van der Waals surface area (Å²) < 4.78 is 153. The van der Waals surface area contributed by atoms with Gasteiger partial charge in [0.25, 0.3) is 0 Å². The summed E-state index contributed by atoms with van der Waals surface area (Å²) in [7, 11) is 0. The van der Waals surface area contributed by atoms with E-state index in [-0.39, 0.29) is 39.6 Å². The van der Waals surface area contributed by atoms with E-state index in [9.17, 15) is 20.4 Å². The number of ether oxygens (including phenoxy) is 28. The van der Waals surface area contributed by atoms with Gasteiger partial charge in [-0.25, -0.2) is 0 Å². The normalized spacial score (nSPS) is 13.1. The quantitative estimate of drug-likeness (QED) is 0.0336. The maximum absolute atomic E-state index is 10.5. The predicted octanol–water partition coefficient (Wildman–Crippen LogP) is -0.311. The number of aliphatic hydroxyl groups excluding tert-OH is 6. The average molecular weight is 1570 g/mol.